The van der Waals surface area contributed by atoms with Gasteiger partial charge in [-0.05, 0) is 18.2 Å². The molecule has 0 unspecified atom stereocenters. The van der Waals surface area contributed by atoms with Crippen LogP contribution in [-0.2, 0) is 6.54 Å². The number of benzene rings is 1. The molecule has 0 amide bonds. The van der Waals surface area contributed by atoms with Crippen LogP contribution in [0.2, 0.25) is 0 Å². The molecule has 72 valence electrons. The maximum absolute atomic E-state index is 12.9. The summed E-state index contributed by atoms with van der Waals surface area (Å²) < 4.78 is 12.9. The summed E-state index contributed by atoms with van der Waals surface area (Å²) in [6.07, 6.45) is 0. The van der Waals surface area contributed by atoms with Crippen LogP contribution in [-0.4, -0.2) is 9.97 Å². The number of nitrogens with two attached hydrogens (primary N) is 1. The fourth-order valence-corrected chi connectivity index (χ4v) is 1.34. The summed E-state index contributed by atoms with van der Waals surface area (Å²) in [6.45, 7) is 0.151. The average Bonchev–Trinajstić information content (AvgIpc) is 2.17. The van der Waals surface area contributed by atoms with Crippen LogP contribution in [0.25, 0.3) is 10.9 Å². The van der Waals surface area contributed by atoms with Gasteiger partial charge in [-0.3, -0.25) is 0 Å². The quantitative estimate of drug-likeness (QED) is 0.693. The number of halogens is 1. The zero-order valence-electron chi connectivity index (χ0n) is 7.25. The molecule has 0 saturated heterocycles. The van der Waals surface area contributed by atoms with E-state index in [0.29, 0.717) is 16.6 Å². The number of nitrogens with one attached hydrogen (secondary N) is 1. The van der Waals surface area contributed by atoms with Crippen molar-refractivity contribution in [1.29, 1.82) is 0 Å². The minimum atomic E-state index is -0.468. The van der Waals surface area contributed by atoms with E-state index in [4.69, 9.17) is 5.73 Å². The molecule has 0 radical (unpaired) electrons. The van der Waals surface area contributed by atoms with Crippen LogP contribution in [0.1, 0.15) is 5.69 Å². The first-order chi connectivity index (χ1) is 6.70. The Balaban J connectivity index is 2.88. The maximum Gasteiger partial charge on any atom is 0.345 e. The van der Waals surface area contributed by atoms with Gasteiger partial charge in [0.1, 0.15) is 5.82 Å². The predicted octanol–water partition coefficient (Wildman–Crippen LogP) is 0.521. The van der Waals surface area contributed by atoms with Gasteiger partial charge in [0.2, 0.25) is 0 Å². The van der Waals surface area contributed by atoms with Gasteiger partial charge >= 0.3 is 5.69 Å². The number of hydrogen-bond donors (Lipinski definition) is 2. The standard InChI is InChI=1S/C9H8FN3O/c10-5-1-2-7-6(3-5)8(4-11)13-9(14)12-7/h1-3H,4,11H2,(H,12,13,14). The molecule has 14 heavy (non-hydrogen) atoms. The largest absolute Gasteiger partial charge is 0.345 e. The zero-order chi connectivity index (χ0) is 10.1. The van der Waals surface area contributed by atoms with Crippen LogP contribution in [0, 0.1) is 5.82 Å². The molecule has 0 bridgehead atoms. The number of aromatic amines is 1. The Hall–Kier alpha value is -1.75. The van der Waals surface area contributed by atoms with E-state index < -0.39 is 5.69 Å². The van der Waals surface area contributed by atoms with Crippen molar-refractivity contribution in [2.45, 2.75) is 6.54 Å². The molecule has 0 saturated carbocycles. The summed E-state index contributed by atoms with van der Waals surface area (Å²) in [5, 5.41) is 0.548. The Morgan fingerprint density at radius 2 is 2.29 bits per heavy atom. The van der Waals surface area contributed by atoms with Gasteiger partial charge in [-0.2, -0.15) is 4.98 Å². The lowest BCUT2D eigenvalue weighted by Gasteiger charge is -2.02. The third kappa shape index (κ3) is 1.38. The molecule has 3 N–H and O–H groups in total. The second-order valence-electron chi connectivity index (χ2n) is 2.89. The molecule has 4 nitrogen and oxygen atoms in total. The van der Waals surface area contributed by atoms with Gasteiger partial charge in [0, 0.05) is 17.6 Å². The van der Waals surface area contributed by atoms with Crippen molar-refractivity contribution < 1.29 is 4.39 Å². The van der Waals surface area contributed by atoms with Crippen LogP contribution in [0.5, 0.6) is 0 Å². The number of nitrogens with zero attached hydrogens (tertiary/aromatic N) is 1. The van der Waals surface area contributed by atoms with E-state index in [-0.39, 0.29) is 12.4 Å². The molecule has 0 aliphatic heterocycles. The highest BCUT2D eigenvalue weighted by Gasteiger charge is 2.03. The van der Waals surface area contributed by atoms with Crippen LogP contribution in [0.15, 0.2) is 23.0 Å². The highest BCUT2D eigenvalue weighted by Crippen LogP contribution is 2.14. The van der Waals surface area contributed by atoms with E-state index in [1.54, 1.807) is 0 Å². The van der Waals surface area contributed by atoms with Gasteiger partial charge < -0.3 is 10.7 Å². The second-order valence-corrected chi connectivity index (χ2v) is 2.89. The Bertz CT molecular complexity index is 535. The van der Waals surface area contributed by atoms with Crippen LogP contribution < -0.4 is 11.4 Å². The number of aromatic nitrogens is 2. The zero-order valence-corrected chi connectivity index (χ0v) is 7.25. The number of H-pyrrole nitrogens is 1. The van der Waals surface area contributed by atoms with Crippen molar-refractivity contribution in [2.75, 3.05) is 0 Å². The molecule has 0 aliphatic rings. The van der Waals surface area contributed by atoms with Crippen LogP contribution >= 0.6 is 0 Å². The Morgan fingerprint density at radius 3 is 3.00 bits per heavy atom. The second kappa shape index (κ2) is 3.19. The van der Waals surface area contributed by atoms with E-state index in [0.717, 1.165) is 0 Å². The molecule has 5 heteroatoms. The average molecular weight is 193 g/mol. The normalized spacial score (nSPS) is 10.7. The minimum Gasteiger partial charge on any atom is -0.325 e. The summed E-state index contributed by atoms with van der Waals surface area (Å²) in [6, 6.07) is 4.02. The van der Waals surface area contributed by atoms with Gasteiger partial charge in [-0.25, -0.2) is 9.18 Å². The summed E-state index contributed by atoms with van der Waals surface area (Å²) >= 11 is 0. The van der Waals surface area contributed by atoms with Gasteiger partial charge in [0.25, 0.3) is 0 Å². The van der Waals surface area contributed by atoms with Crippen LogP contribution in [0.3, 0.4) is 0 Å². The first-order valence-corrected chi connectivity index (χ1v) is 4.09. The topological polar surface area (TPSA) is 71.8 Å². The van der Waals surface area contributed by atoms with Crippen molar-refractivity contribution in [2.24, 2.45) is 5.73 Å². The molecule has 0 spiro atoms. The molecule has 1 aromatic carbocycles. The Morgan fingerprint density at radius 1 is 1.50 bits per heavy atom. The van der Waals surface area contributed by atoms with E-state index in [1.165, 1.54) is 18.2 Å². The highest BCUT2D eigenvalue weighted by atomic mass is 19.1. The lowest BCUT2D eigenvalue weighted by Crippen LogP contribution is -2.15. The van der Waals surface area contributed by atoms with Gasteiger partial charge in [0.15, 0.2) is 0 Å². The molecule has 0 fully saturated rings. The van der Waals surface area contributed by atoms with Crippen molar-refractivity contribution in [3.8, 4) is 0 Å². The summed E-state index contributed by atoms with van der Waals surface area (Å²) in [5.74, 6) is -0.374. The predicted molar refractivity (Wildman–Crippen MR) is 50.2 cm³/mol. The van der Waals surface area contributed by atoms with E-state index in [2.05, 4.69) is 9.97 Å². The Labute approximate surface area is 78.6 Å². The molecule has 2 rings (SSSR count). The van der Waals surface area contributed by atoms with Gasteiger partial charge in [-0.1, -0.05) is 0 Å². The number of fused-ring (bicyclic) bond motifs is 1. The fraction of sp³-hybridized carbons (Fsp3) is 0.111. The summed E-state index contributed by atoms with van der Waals surface area (Å²) in [7, 11) is 0. The molecule has 1 aromatic heterocycles. The van der Waals surface area contributed by atoms with E-state index >= 15 is 0 Å². The SMILES string of the molecule is NCc1[nH]c(=O)nc2ccc(F)cc12. The summed E-state index contributed by atoms with van der Waals surface area (Å²) in [5.41, 5.74) is 5.90. The molecule has 1 heterocycles. The smallest absolute Gasteiger partial charge is 0.325 e. The first-order valence-electron chi connectivity index (χ1n) is 4.09. The minimum absolute atomic E-state index is 0.151. The van der Waals surface area contributed by atoms with Crippen LogP contribution in [0.4, 0.5) is 4.39 Å². The van der Waals surface area contributed by atoms with Crippen molar-refractivity contribution in [3.63, 3.8) is 0 Å². The van der Waals surface area contributed by atoms with Crippen molar-refractivity contribution >= 4 is 10.9 Å². The third-order valence-electron chi connectivity index (χ3n) is 1.97. The molecule has 0 aliphatic carbocycles. The molecule has 0 atom stereocenters. The van der Waals surface area contributed by atoms with Gasteiger partial charge in [-0.15, -0.1) is 0 Å². The Kier molecular flexibility index (Phi) is 2.01. The molecular weight excluding hydrogens is 185 g/mol. The number of hydrogen-bond acceptors (Lipinski definition) is 3. The maximum atomic E-state index is 12.9. The van der Waals surface area contributed by atoms with E-state index in [1.807, 2.05) is 0 Å². The van der Waals surface area contributed by atoms with Crippen molar-refractivity contribution in [3.05, 3.63) is 40.2 Å². The lowest BCUT2D eigenvalue weighted by atomic mass is 10.2. The third-order valence-corrected chi connectivity index (χ3v) is 1.97. The highest BCUT2D eigenvalue weighted by molar-refractivity contribution is 5.80. The summed E-state index contributed by atoms with van der Waals surface area (Å²) in [4.78, 5) is 17.2. The van der Waals surface area contributed by atoms with Gasteiger partial charge in [0.05, 0.1) is 5.52 Å². The van der Waals surface area contributed by atoms with E-state index in [9.17, 15) is 9.18 Å². The van der Waals surface area contributed by atoms with Crippen molar-refractivity contribution in [1.82, 2.24) is 9.97 Å². The number of rotatable bonds is 1. The molecule has 2 aromatic rings. The first kappa shape index (κ1) is 8.83. The fourth-order valence-electron chi connectivity index (χ4n) is 1.34. The lowest BCUT2D eigenvalue weighted by molar-refractivity contribution is 0.629. The molecular formula is C9H8FN3O. The monoisotopic (exact) mass is 193 g/mol.